The summed E-state index contributed by atoms with van der Waals surface area (Å²) in [7, 11) is 0. The van der Waals surface area contributed by atoms with Gasteiger partial charge in [-0.15, -0.1) is 5.16 Å². The first kappa shape index (κ1) is 9.06. The van der Waals surface area contributed by atoms with Crippen molar-refractivity contribution in [2.75, 3.05) is 5.73 Å². The van der Waals surface area contributed by atoms with Crippen LogP contribution >= 0.6 is 0 Å². The lowest BCUT2D eigenvalue weighted by atomic mass is 9.83. The highest BCUT2D eigenvalue weighted by molar-refractivity contribution is 5.69. The number of fused-ring (bicyclic) bond motifs is 1. The standard InChI is InChI=1S/C11H14N2O/c12-10-4-5-11-8(6-10)2-1-3-9(11)7-13-14/h4-7,9,14H,1-3,12H2. The third-order valence-electron chi connectivity index (χ3n) is 2.77. The largest absolute Gasteiger partial charge is 0.411 e. The normalized spacial score (nSPS) is 21.0. The van der Waals surface area contributed by atoms with Gasteiger partial charge in [0.25, 0.3) is 0 Å². The molecule has 1 aromatic carbocycles. The summed E-state index contributed by atoms with van der Waals surface area (Å²) in [6.07, 6.45) is 4.87. The summed E-state index contributed by atoms with van der Waals surface area (Å²) in [5.74, 6) is 0.254. The Labute approximate surface area is 83.2 Å². The Morgan fingerprint density at radius 3 is 3.14 bits per heavy atom. The first-order valence-corrected chi connectivity index (χ1v) is 4.87. The molecule has 0 saturated heterocycles. The van der Waals surface area contributed by atoms with Gasteiger partial charge in [-0.3, -0.25) is 0 Å². The van der Waals surface area contributed by atoms with E-state index < -0.39 is 0 Å². The van der Waals surface area contributed by atoms with Gasteiger partial charge in [0.05, 0.1) is 6.21 Å². The van der Waals surface area contributed by atoms with Gasteiger partial charge >= 0.3 is 0 Å². The van der Waals surface area contributed by atoms with Crippen LogP contribution in [0.1, 0.15) is 29.9 Å². The van der Waals surface area contributed by atoms with Gasteiger partial charge in [0.15, 0.2) is 0 Å². The predicted octanol–water partition coefficient (Wildman–Crippen LogP) is 2.15. The number of hydrogen-bond acceptors (Lipinski definition) is 3. The molecule has 2 rings (SSSR count). The second kappa shape index (κ2) is 3.70. The molecular formula is C11H14N2O. The van der Waals surface area contributed by atoms with Crippen molar-refractivity contribution in [3.63, 3.8) is 0 Å². The van der Waals surface area contributed by atoms with Gasteiger partial charge in [0, 0.05) is 11.6 Å². The SMILES string of the molecule is Nc1ccc2c(c1)CCCC2C=NO. The third kappa shape index (κ3) is 1.58. The second-order valence-corrected chi connectivity index (χ2v) is 3.72. The number of benzene rings is 1. The molecule has 0 spiro atoms. The van der Waals surface area contributed by atoms with Crippen LogP contribution in [0, 0.1) is 0 Å². The van der Waals surface area contributed by atoms with Gasteiger partial charge in [-0.2, -0.15) is 0 Å². The molecule has 0 amide bonds. The zero-order chi connectivity index (χ0) is 9.97. The summed E-state index contributed by atoms with van der Waals surface area (Å²) in [5.41, 5.74) is 9.07. The summed E-state index contributed by atoms with van der Waals surface area (Å²) in [6.45, 7) is 0. The first-order valence-electron chi connectivity index (χ1n) is 4.87. The number of nitrogens with two attached hydrogens (primary N) is 1. The van der Waals surface area contributed by atoms with E-state index in [1.165, 1.54) is 11.1 Å². The summed E-state index contributed by atoms with van der Waals surface area (Å²) in [4.78, 5) is 0. The molecule has 3 heteroatoms. The fourth-order valence-electron chi connectivity index (χ4n) is 2.11. The van der Waals surface area contributed by atoms with Crippen LogP contribution in [-0.2, 0) is 6.42 Å². The van der Waals surface area contributed by atoms with E-state index in [-0.39, 0.29) is 5.92 Å². The van der Waals surface area contributed by atoms with Crippen molar-refractivity contribution in [1.29, 1.82) is 0 Å². The van der Waals surface area contributed by atoms with E-state index in [1.807, 2.05) is 18.2 Å². The third-order valence-corrected chi connectivity index (χ3v) is 2.77. The number of nitrogens with zero attached hydrogens (tertiary/aromatic N) is 1. The molecule has 3 N–H and O–H groups in total. The van der Waals surface area contributed by atoms with E-state index in [2.05, 4.69) is 5.16 Å². The number of hydrogen-bond donors (Lipinski definition) is 2. The zero-order valence-electron chi connectivity index (χ0n) is 7.98. The van der Waals surface area contributed by atoms with Crippen molar-refractivity contribution < 1.29 is 5.21 Å². The maximum absolute atomic E-state index is 8.54. The van der Waals surface area contributed by atoms with Crippen molar-refractivity contribution in [2.24, 2.45) is 5.16 Å². The number of oxime groups is 1. The van der Waals surface area contributed by atoms with Gasteiger partial charge in [-0.25, -0.2) is 0 Å². The summed E-state index contributed by atoms with van der Waals surface area (Å²) in [5, 5.41) is 11.7. The maximum atomic E-state index is 8.54. The molecule has 0 fully saturated rings. The molecule has 0 heterocycles. The van der Waals surface area contributed by atoms with Crippen LogP contribution in [0.15, 0.2) is 23.4 Å². The fourth-order valence-corrected chi connectivity index (χ4v) is 2.11. The van der Waals surface area contributed by atoms with Gasteiger partial charge < -0.3 is 10.9 Å². The summed E-state index contributed by atoms with van der Waals surface area (Å²) >= 11 is 0. The number of aryl methyl sites for hydroxylation is 1. The molecule has 0 saturated carbocycles. The van der Waals surface area contributed by atoms with Gasteiger partial charge in [0.2, 0.25) is 0 Å². The molecule has 0 aliphatic heterocycles. The highest BCUT2D eigenvalue weighted by Crippen LogP contribution is 2.31. The molecule has 74 valence electrons. The Morgan fingerprint density at radius 2 is 2.36 bits per heavy atom. The molecule has 0 bridgehead atoms. The summed E-state index contributed by atoms with van der Waals surface area (Å²) < 4.78 is 0. The molecule has 1 atom stereocenters. The Morgan fingerprint density at radius 1 is 1.50 bits per heavy atom. The van der Waals surface area contributed by atoms with Crippen LogP contribution in [0.4, 0.5) is 5.69 Å². The van der Waals surface area contributed by atoms with Crippen molar-refractivity contribution in [1.82, 2.24) is 0 Å². The Hall–Kier alpha value is -1.51. The van der Waals surface area contributed by atoms with Gasteiger partial charge in [-0.1, -0.05) is 6.07 Å². The van der Waals surface area contributed by atoms with Crippen molar-refractivity contribution >= 4 is 11.9 Å². The number of nitrogen functional groups attached to an aromatic ring is 1. The maximum Gasteiger partial charge on any atom is 0.0510 e. The van der Waals surface area contributed by atoms with E-state index in [1.54, 1.807) is 6.21 Å². The molecule has 14 heavy (non-hydrogen) atoms. The highest BCUT2D eigenvalue weighted by Gasteiger charge is 2.18. The van der Waals surface area contributed by atoms with E-state index in [9.17, 15) is 0 Å². The monoisotopic (exact) mass is 190 g/mol. The lowest BCUT2D eigenvalue weighted by Gasteiger charge is -2.22. The molecular weight excluding hydrogens is 176 g/mol. The van der Waals surface area contributed by atoms with E-state index in [4.69, 9.17) is 10.9 Å². The molecule has 1 unspecified atom stereocenters. The molecule has 1 aromatic rings. The van der Waals surface area contributed by atoms with Crippen molar-refractivity contribution in [3.05, 3.63) is 29.3 Å². The van der Waals surface area contributed by atoms with Crippen LogP contribution in [0.2, 0.25) is 0 Å². The van der Waals surface area contributed by atoms with Crippen molar-refractivity contribution in [3.8, 4) is 0 Å². The van der Waals surface area contributed by atoms with Gasteiger partial charge in [-0.05, 0) is 42.5 Å². The lowest BCUT2D eigenvalue weighted by Crippen LogP contribution is -2.11. The van der Waals surface area contributed by atoms with Crippen LogP contribution in [-0.4, -0.2) is 11.4 Å². The zero-order valence-corrected chi connectivity index (χ0v) is 7.98. The Kier molecular flexibility index (Phi) is 2.39. The minimum Gasteiger partial charge on any atom is -0.411 e. The van der Waals surface area contributed by atoms with E-state index in [0.717, 1.165) is 24.9 Å². The topological polar surface area (TPSA) is 58.6 Å². The highest BCUT2D eigenvalue weighted by atomic mass is 16.4. The predicted molar refractivity (Wildman–Crippen MR) is 56.8 cm³/mol. The van der Waals surface area contributed by atoms with E-state index in [0.29, 0.717) is 0 Å². The molecule has 0 aromatic heterocycles. The van der Waals surface area contributed by atoms with Crippen LogP contribution in [0.25, 0.3) is 0 Å². The molecule has 1 aliphatic carbocycles. The average molecular weight is 190 g/mol. The average Bonchev–Trinajstić information content (AvgIpc) is 2.18. The lowest BCUT2D eigenvalue weighted by molar-refractivity contribution is 0.319. The van der Waals surface area contributed by atoms with Crippen LogP contribution < -0.4 is 5.73 Å². The number of anilines is 1. The fraction of sp³-hybridized carbons (Fsp3) is 0.364. The quantitative estimate of drug-likeness (QED) is 0.308. The van der Waals surface area contributed by atoms with Gasteiger partial charge in [0.1, 0.15) is 0 Å². The second-order valence-electron chi connectivity index (χ2n) is 3.72. The van der Waals surface area contributed by atoms with Crippen LogP contribution in [0.5, 0.6) is 0 Å². The first-order chi connectivity index (χ1) is 6.81. The minimum atomic E-state index is 0.254. The van der Waals surface area contributed by atoms with E-state index >= 15 is 0 Å². The van der Waals surface area contributed by atoms with Crippen molar-refractivity contribution in [2.45, 2.75) is 25.2 Å². The summed E-state index contributed by atoms with van der Waals surface area (Å²) in [6, 6.07) is 5.96. The molecule has 1 aliphatic rings. The smallest absolute Gasteiger partial charge is 0.0510 e. The Bertz CT molecular complexity index is 360. The molecule has 0 radical (unpaired) electrons. The van der Waals surface area contributed by atoms with Crippen LogP contribution in [0.3, 0.4) is 0 Å². The minimum absolute atomic E-state index is 0.254. The number of rotatable bonds is 1. The molecule has 3 nitrogen and oxygen atoms in total. The Balaban J connectivity index is 2.39.